The number of rotatable bonds is 2. The van der Waals surface area contributed by atoms with Crippen LogP contribution in [0.25, 0.3) is 0 Å². The van der Waals surface area contributed by atoms with Crippen LogP contribution in [0, 0.1) is 23.7 Å². The third-order valence-corrected chi connectivity index (χ3v) is 8.63. The molecular weight excluding hydrogens is 474 g/mol. The van der Waals surface area contributed by atoms with Gasteiger partial charge in [-0.3, -0.25) is 4.79 Å². The van der Waals surface area contributed by atoms with Crippen LogP contribution in [0.2, 0.25) is 0 Å². The third-order valence-electron chi connectivity index (χ3n) is 6.01. The van der Waals surface area contributed by atoms with Gasteiger partial charge >= 0.3 is 0 Å². The second-order valence-corrected chi connectivity index (χ2v) is 10.6. The number of alkyl halides is 2. The predicted octanol–water partition coefficient (Wildman–Crippen LogP) is 5.57. The molecule has 0 aromatic rings. The van der Waals surface area contributed by atoms with Crippen molar-refractivity contribution in [2.45, 2.75) is 72.1 Å². The van der Waals surface area contributed by atoms with Crippen LogP contribution in [-0.4, -0.2) is 13.6 Å². The summed E-state index contributed by atoms with van der Waals surface area (Å²) in [6.45, 7) is 0. The number of fused-ring (bicyclic) bond motifs is 1. The average molecular weight is 500 g/mol. The van der Waals surface area contributed by atoms with Crippen LogP contribution in [-0.2, 0) is 4.79 Å². The molecule has 6 atom stereocenters. The average Bonchev–Trinajstić information content (AvgIpc) is 2.48. The first kappa shape index (κ1) is 16.0. The first-order valence-corrected chi connectivity index (χ1v) is 11.0. The molecule has 0 aliphatic heterocycles. The molecule has 20 heavy (non-hydrogen) atoms. The number of carbonyl (C=O) groups is 1. The van der Waals surface area contributed by atoms with Gasteiger partial charge in [0.05, 0.1) is 0 Å². The zero-order valence-electron chi connectivity index (χ0n) is 12.2. The summed E-state index contributed by atoms with van der Waals surface area (Å²) in [6.07, 6.45) is 13.2. The smallest absolute Gasteiger partial charge is 0.140 e. The lowest BCUT2D eigenvalue weighted by atomic mass is 9.65. The highest BCUT2D eigenvalue weighted by molar-refractivity contribution is 14.1. The Morgan fingerprint density at radius 1 is 0.800 bits per heavy atom. The van der Waals surface area contributed by atoms with Gasteiger partial charge in [-0.2, -0.15) is 0 Å². The highest BCUT2D eigenvalue weighted by Crippen LogP contribution is 2.45. The summed E-state index contributed by atoms with van der Waals surface area (Å²) in [5.41, 5.74) is 0. The predicted molar refractivity (Wildman–Crippen MR) is 101 cm³/mol. The summed E-state index contributed by atoms with van der Waals surface area (Å²) in [5, 5.41) is 0. The van der Waals surface area contributed by atoms with Gasteiger partial charge in [-0.25, -0.2) is 0 Å². The van der Waals surface area contributed by atoms with Crippen LogP contribution in [0.3, 0.4) is 0 Å². The number of hydrogen-bond acceptors (Lipinski definition) is 1. The van der Waals surface area contributed by atoms with Gasteiger partial charge in [0.25, 0.3) is 0 Å². The largest absolute Gasteiger partial charge is 0.299 e. The molecular formula is C17H26I2O. The van der Waals surface area contributed by atoms with Crippen molar-refractivity contribution in [1.82, 2.24) is 0 Å². The molecule has 1 nitrogen and oxygen atoms in total. The van der Waals surface area contributed by atoms with Crippen molar-refractivity contribution in [3.05, 3.63) is 0 Å². The molecule has 0 radical (unpaired) electrons. The second-order valence-electron chi connectivity index (χ2n) is 7.25. The van der Waals surface area contributed by atoms with Crippen LogP contribution in [0.1, 0.15) is 64.2 Å². The van der Waals surface area contributed by atoms with Gasteiger partial charge in [0.15, 0.2) is 0 Å². The quantitative estimate of drug-likeness (QED) is 0.358. The van der Waals surface area contributed by atoms with E-state index in [1.54, 1.807) is 0 Å². The van der Waals surface area contributed by atoms with E-state index in [1.165, 1.54) is 57.8 Å². The van der Waals surface area contributed by atoms with Gasteiger partial charge in [0, 0.05) is 19.7 Å². The van der Waals surface area contributed by atoms with E-state index in [4.69, 9.17) is 0 Å². The standard InChI is InChI=1S/C17H26I2O/c18-14-7-8-16(19)15(10-14)17(20)13-6-5-11-3-1-2-4-12(11)9-13/h11-16H,1-10H2. The Kier molecular flexibility index (Phi) is 5.71. The minimum Gasteiger partial charge on any atom is -0.299 e. The Morgan fingerprint density at radius 3 is 2.35 bits per heavy atom. The van der Waals surface area contributed by atoms with Gasteiger partial charge < -0.3 is 0 Å². The molecule has 0 heterocycles. The molecule has 3 aliphatic carbocycles. The van der Waals surface area contributed by atoms with Crippen LogP contribution in [0.5, 0.6) is 0 Å². The highest BCUT2D eigenvalue weighted by Gasteiger charge is 2.40. The van der Waals surface area contributed by atoms with Crippen molar-refractivity contribution in [2.75, 3.05) is 0 Å². The fraction of sp³-hybridized carbons (Fsp3) is 0.941. The molecule has 0 amide bonds. The van der Waals surface area contributed by atoms with Gasteiger partial charge in [-0.05, 0) is 50.4 Å². The monoisotopic (exact) mass is 500 g/mol. The molecule has 0 spiro atoms. The summed E-state index contributed by atoms with van der Waals surface area (Å²) >= 11 is 5.11. The Hall–Kier alpha value is 1.13. The Morgan fingerprint density at radius 2 is 1.55 bits per heavy atom. The van der Waals surface area contributed by atoms with E-state index in [-0.39, 0.29) is 0 Å². The summed E-state index contributed by atoms with van der Waals surface area (Å²) in [7, 11) is 0. The van der Waals surface area contributed by atoms with Gasteiger partial charge in [-0.1, -0.05) is 70.9 Å². The lowest BCUT2D eigenvalue weighted by Gasteiger charge is -2.41. The van der Waals surface area contributed by atoms with Crippen molar-refractivity contribution in [2.24, 2.45) is 23.7 Å². The molecule has 3 aliphatic rings. The SMILES string of the molecule is O=C(C1CCC2CCCCC2C1)C1CC(I)CCC1I. The van der Waals surface area contributed by atoms with E-state index < -0.39 is 0 Å². The first-order valence-electron chi connectivity index (χ1n) is 8.47. The molecule has 0 saturated heterocycles. The van der Waals surface area contributed by atoms with Crippen molar-refractivity contribution in [1.29, 1.82) is 0 Å². The lowest BCUT2D eigenvalue weighted by Crippen LogP contribution is -2.39. The summed E-state index contributed by atoms with van der Waals surface area (Å²) in [5.74, 6) is 3.29. The van der Waals surface area contributed by atoms with Crippen molar-refractivity contribution >= 4 is 51.0 Å². The molecule has 3 rings (SSSR count). The summed E-state index contributed by atoms with van der Waals surface area (Å²) in [4.78, 5) is 13.0. The number of Topliss-reactive ketones (excluding diaryl/α,β-unsaturated/α-hetero) is 1. The number of ketones is 1. The molecule has 0 N–H and O–H groups in total. The van der Waals surface area contributed by atoms with Crippen LogP contribution in [0.4, 0.5) is 0 Å². The molecule has 3 heteroatoms. The van der Waals surface area contributed by atoms with Crippen LogP contribution >= 0.6 is 45.2 Å². The molecule has 3 saturated carbocycles. The molecule has 6 unspecified atom stereocenters. The Bertz CT molecular complexity index is 357. The van der Waals surface area contributed by atoms with Crippen LogP contribution in [0.15, 0.2) is 0 Å². The Balaban J connectivity index is 1.62. The number of halogens is 2. The van der Waals surface area contributed by atoms with Crippen molar-refractivity contribution < 1.29 is 4.79 Å². The zero-order chi connectivity index (χ0) is 14.1. The van der Waals surface area contributed by atoms with E-state index in [0.29, 0.717) is 21.5 Å². The molecule has 0 bridgehead atoms. The van der Waals surface area contributed by atoms with E-state index >= 15 is 0 Å². The maximum Gasteiger partial charge on any atom is 0.140 e. The maximum absolute atomic E-state index is 13.0. The number of hydrogen-bond donors (Lipinski definition) is 0. The topological polar surface area (TPSA) is 17.1 Å². The Labute approximate surface area is 150 Å². The fourth-order valence-electron chi connectivity index (χ4n) is 4.81. The molecule has 114 valence electrons. The van der Waals surface area contributed by atoms with Crippen molar-refractivity contribution in [3.63, 3.8) is 0 Å². The minimum absolute atomic E-state index is 0.372. The molecule has 0 aromatic carbocycles. The minimum atomic E-state index is 0.372. The van der Waals surface area contributed by atoms with E-state index in [9.17, 15) is 4.79 Å². The fourth-order valence-corrected chi connectivity index (χ4v) is 6.73. The van der Waals surface area contributed by atoms with E-state index in [2.05, 4.69) is 45.2 Å². The van der Waals surface area contributed by atoms with E-state index in [0.717, 1.165) is 22.2 Å². The first-order chi connectivity index (χ1) is 9.65. The lowest BCUT2D eigenvalue weighted by molar-refractivity contribution is -0.129. The van der Waals surface area contributed by atoms with Crippen molar-refractivity contribution in [3.8, 4) is 0 Å². The maximum atomic E-state index is 13.0. The van der Waals surface area contributed by atoms with Gasteiger partial charge in [0.2, 0.25) is 0 Å². The summed E-state index contributed by atoms with van der Waals surface area (Å²) < 4.78 is 1.34. The summed E-state index contributed by atoms with van der Waals surface area (Å²) in [6, 6.07) is 0. The van der Waals surface area contributed by atoms with Gasteiger partial charge in [0.1, 0.15) is 5.78 Å². The third kappa shape index (κ3) is 3.54. The van der Waals surface area contributed by atoms with Crippen LogP contribution < -0.4 is 0 Å². The zero-order valence-corrected chi connectivity index (χ0v) is 16.5. The molecule has 3 fully saturated rings. The normalized spacial score (nSPS) is 45.7. The highest BCUT2D eigenvalue weighted by atomic mass is 127. The molecule has 0 aromatic heterocycles. The second kappa shape index (κ2) is 7.14. The number of carbonyl (C=O) groups excluding carboxylic acids is 1. The van der Waals surface area contributed by atoms with E-state index in [1.807, 2.05) is 0 Å². The van der Waals surface area contributed by atoms with Gasteiger partial charge in [-0.15, -0.1) is 0 Å².